The highest BCUT2D eigenvalue weighted by Gasteiger charge is 2.40. The van der Waals surface area contributed by atoms with Crippen LogP contribution in [0, 0.1) is 17.5 Å². The van der Waals surface area contributed by atoms with E-state index in [0.29, 0.717) is 24.6 Å². The van der Waals surface area contributed by atoms with Gasteiger partial charge in [-0.1, -0.05) is 18.2 Å². The number of sulfone groups is 1. The number of carboxylic acids is 1. The normalized spacial score (nSPS) is 16.4. The number of aromatic amines is 1. The zero-order valence-corrected chi connectivity index (χ0v) is 25.1. The summed E-state index contributed by atoms with van der Waals surface area (Å²) < 4.78 is 83.7. The van der Waals surface area contributed by atoms with Crippen LogP contribution in [0.3, 0.4) is 0 Å². The Hall–Kier alpha value is -4.85. The molecule has 0 saturated carbocycles. The number of benzene rings is 3. The van der Waals surface area contributed by atoms with Crippen LogP contribution in [0.4, 0.5) is 13.2 Å². The molecule has 14 heteroatoms. The average Bonchev–Trinajstić information content (AvgIpc) is 3.62. The molecule has 2 aromatic heterocycles. The molecular weight excluding hydrogens is 613 g/mol. The number of nitrogens with one attached hydrogen (secondary N) is 1. The molecule has 0 spiro atoms. The number of carboxylic acid groups (broad SMARTS) is 1. The average molecular weight is 641 g/mol. The van der Waals surface area contributed by atoms with E-state index in [1.165, 1.54) is 23.0 Å². The van der Waals surface area contributed by atoms with Gasteiger partial charge in [-0.3, -0.25) is 4.79 Å². The number of para-hydroxylation sites is 1. The fourth-order valence-corrected chi connectivity index (χ4v) is 6.73. The molecule has 3 aromatic carbocycles. The van der Waals surface area contributed by atoms with Crippen LogP contribution in [-0.4, -0.2) is 52.1 Å². The van der Waals surface area contributed by atoms with Crippen molar-refractivity contribution in [2.45, 2.75) is 36.5 Å². The molecule has 0 unspecified atom stereocenters. The molecule has 0 fully saturated rings. The van der Waals surface area contributed by atoms with Gasteiger partial charge < -0.3 is 19.6 Å². The van der Waals surface area contributed by atoms with Crippen LogP contribution in [0.5, 0.6) is 17.2 Å². The van der Waals surface area contributed by atoms with Gasteiger partial charge in [0.15, 0.2) is 33.1 Å². The van der Waals surface area contributed by atoms with E-state index in [1.807, 2.05) is 25.1 Å². The van der Waals surface area contributed by atoms with Crippen LogP contribution in [0.25, 0.3) is 22.3 Å². The molecule has 0 radical (unpaired) electrons. The third-order valence-corrected chi connectivity index (χ3v) is 9.13. The summed E-state index contributed by atoms with van der Waals surface area (Å²) in [6.45, 7) is 2.24. The molecule has 0 bridgehead atoms. The van der Waals surface area contributed by atoms with Crippen LogP contribution >= 0.6 is 0 Å². The molecule has 0 aliphatic carbocycles. The maximum absolute atomic E-state index is 15.3. The van der Waals surface area contributed by atoms with E-state index in [1.54, 1.807) is 7.05 Å². The molecule has 10 nitrogen and oxygen atoms in total. The molecule has 2 N–H and O–H groups in total. The maximum atomic E-state index is 15.3. The van der Waals surface area contributed by atoms with Crippen molar-refractivity contribution in [1.29, 1.82) is 0 Å². The van der Waals surface area contributed by atoms with Gasteiger partial charge in [0, 0.05) is 36.9 Å². The number of H-pyrrole nitrogens is 1. The second kappa shape index (κ2) is 10.9. The van der Waals surface area contributed by atoms with Gasteiger partial charge in [0.05, 0.1) is 23.1 Å². The van der Waals surface area contributed by atoms with E-state index < -0.39 is 49.3 Å². The summed E-state index contributed by atoms with van der Waals surface area (Å²) in [5, 5.41) is 13.7. The van der Waals surface area contributed by atoms with Crippen molar-refractivity contribution in [3.8, 4) is 28.6 Å². The largest absolute Gasteiger partial charge is 0.493 e. The first-order valence-corrected chi connectivity index (χ1v) is 15.7. The van der Waals surface area contributed by atoms with Crippen LogP contribution in [0.2, 0.25) is 0 Å². The molecule has 1 aliphatic heterocycles. The Balaban J connectivity index is 1.41. The van der Waals surface area contributed by atoms with E-state index in [4.69, 9.17) is 14.6 Å². The zero-order valence-electron chi connectivity index (χ0n) is 24.3. The number of aryl methyl sites for hydroxylation is 2. The Bertz CT molecular complexity index is 2110. The van der Waals surface area contributed by atoms with Gasteiger partial charge in [-0.15, -0.1) is 0 Å². The summed E-state index contributed by atoms with van der Waals surface area (Å²) in [7, 11) is -2.54. The number of nitrogens with zero attached hydrogens (tertiary/aromatic N) is 3. The van der Waals surface area contributed by atoms with Gasteiger partial charge in [-0.25, -0.2) is 26.9 Å². The molecule has 0 amide bonds. The van der Waals surface area contributed by atoms with Crippen LogP contribution in [-0.2, 0) is 33.5 Å². The number of ether oxygens (including phenoxy) is 2. The molecule has 1 atom stereocenters. The zero-order chi connectivity index (χ0) is 32.3. The van der Waals surface area contributed by atoms with E-state index in [2.05, 4.69) is 15.1 Å². The minimum absolute atomic E-state index is 0.0680. The Morgan fingerprint density at radius 2 is 1.96 bits per heavy atom. The number of aromatic nitrogens is 4. The first kappa shape index (κ1) is 30.2. The number of rotatable bonds is 8. The fraction of sp³-hybridized carbons (Fsp3) is 0.258. The number of fused-ring (bicyclic) bond motifs is 2. The Morgan fingerprint density at radius 1 is 1.18 bits per heavy atom. The third-order valence-electron chi connectivity index (χ3n) is 7.98. The van der Waals surface area contributed by atoms with E-state index in [0.717, 1.165) is 29.5 Å². The molecule has 5 aromatic rings. The van der Waals surface area contributed by atoms with E-state index >= 15 is 8.78 Å². The second-order valence-corrected chi connectivity index (χ2v) is 13.0. The van der Waals surface area contributed by atoms with Gasteiger partial charge in [0.2, 0.25) is 5.82 Å². The topological polar surface area (TPSA) is 136 Å². The van der Waals surface area contributed by atoms with E-state index in [9.17, 15) is 17.6 Å². The van der Waals surface area contributed by atoms with Crippen molar-refractivity contribution in [1.82, 2.24) is 19.7 Å². The molecular formula is C31H27F3N4O6S. The van der Waals surface area contributed by atoms with Crippen molar-refractivity contribution in [3.05, 3.63) is 83.1 Å². The fourth-order valence-electron chi connectivity index (χ4n) is 5.69. The standard InChI is InChI=1S/C31H27F3N4O6S/c1-31(12-14-43-26-16(7-10-22(39)40)5-4-6-20(26)31)30-36-29(38(2)37-30)19-15-17(8-9-21(19)32)44-27-24(34)23(33)25-18(11-13-35-25)28(27)45(3,41)42/h4-6,8-9,11,13,15,35H,7,10,12,14H2,1-3H3,(H,39,40)/t31-/m1/s1. The van der Waals surface area contributed by atoms with Crippen molar-refractivity contribution < 1.29 is 41.0 Å². The van der Waals surface area contributed by atoms with Crippen LogP contribution < -0.4 is 9.47 Å². The monoisotopic (exact) mass is 640 g/mol. The molecule has 3 heterocycles. The lowest BCUT2D eigenvalue weighted by molar-refractivity contribution is -0.136. The number of aliphatic carboxylic acids is 1. The number of hydrogen-bond acceptors (Lipinski definition) is 7. The van der Waals surface area contributed by atoms with Crippen molar-refractivity contribution in [3.63, 3.8) is 0 Å². The molecule has 6 rings (SSSR count). The van der Waals surface area contributed by atoms with Gasteiger partial charge in [-0.05, 0) is 49.6 Å². The van der Waals surface area contributed by atoms with Crippen LogP contribution in [0.1, 0.15) is 36.7 Å². The third kappa shape index (κ3) is 5.18. The minimum atomic E-state index is -4.11. The molecule has 45 heavy (non-hydrogen) atoms. The lowest BCUT2D eigenvalue weighted by atomic mass is 9.76. The minimum Gasteiger partial charge on any atom is -0.493 e. The van der Waals surface area contributed by atoms with E-state index in [-0.39, 0.29) is 40.9 Å². The van der Waals surface area contributed by atoms with Crippen molar-refractivity contribution in [2.24, 2.45) is 7.05 Å². The van der Waals surface area contributed by atoms with Crippen molar-refractivity contribution >= 4 is 26.7 Å². The van der Waals surface area contributed by atoms with Crippen molar-refractivity contribution in [2.75, 3.05) is 12.9 Å². The first-order chi connectivity index (χ1) is 21.3. The summed E-state index contributed by atoms with van der Waals surface area (Å²) in [6, 6.07) is 10.2. The predicted octanol–water partition coefficient (Wildman–Crippen LogP) is 5.68. The summed E-state index contributed by atoms with van der Waals surface area (Å²) in [5.41, 5.74) is 0.318. The molecule has 0 saturated heterocycles. The summed E-state index contributed by atoms with van der Waals surface area (Å²) >= 11 is 0. The molecule has 234 valence electrons. The Kier molecular flexibility index (Phi) is 7.34. The predicted molar refractivity (Wildman–Crippen MR) is 157 cm³/mol. The van der Waals surface area contributed by atoms with Gasteiger partial charge >= 0.3 is 5.97 Å². The summed E-state index contributed by atoms with van der Waals surface area (Å²) in [6.07, 6.45) is 2.82. The Morgan fingerprint density at radius 3 is 2.69 bits per heavy atom. The summed E-state index contributed by atoms with van der Waals surface area (Å²) in [5.74, 6) is -4.49. The van der Waals surface area contributed by atoms with Crippen LogP contribution in [0.15, 0.2) is 53.6 Å². The summed E-state index contributed by atoms with van der Waals surface area (Å²) in [4.78, 5) is 17.8. The highest BCUT2D eigenvalue weighted by Crippen LogP contribution is 2.45. The highest BCUT2D eigenvalue weighted by molar-refractivity contribution is 7.91. The number of carbonyl (C=O) groups is 1. The lowest BCUT2D eigenvalue weighted by Crippen LogP contribution is -2.33. The number of hydrogen-bond donors (Lipinski definition) is 2. The molecule has 1 aliphatic rings. The first-order valence-electron chi connectivity index (χ1n) is 13.8. The van der Waals surface area contributed by atoms with Gasteiger partial charge in [0.25, 0.3) is 0 Å². The smallest absolute Gasteiger partial charge is 0.303 e. The number of halogens is 3. The van der Waals surface area contributed by atoms with Gasteiger partial charge in [0.1, 0.15) is 22.2 Å². The SMILES string of the molecule is Cn1nc([C@]2(C)CCOc3c(CCC(=O)O)cccc32)nc1-c1cc(Oc2c(F)c(F)c3[nH]ccc3c2S(C)(=O)=O)ccc1F. The maximum Gasteiger partial charge on any atom is 0.303 e. The lowest BCUT2D eigenvalue weighted by Gasteiger charge is -2.34. The van der Waals surface area contributed by atoms with Gasteiger partial charge in [-0.2, -0.15) is 9.49 Å². The quantitative estimate of drug-likeness (QED) is 0.207. The second-order valence-electron chi connectivity index (χ2n) is 11.1. The highest BCUT2D eigenvalue weighted by atomic mass is 32.2. The Labute approximate surface area is 255 Å².